The van der Waals surface area contributed by atoms with Crippen molar-refractivity contribution in [3.63, 3.8) is 0 Å². The van der Waals surface area contributed by atoms with Crippen molar-refractivity contribution in [2.75, 3.05) is 11.9 Å². The molecule has 2 rings (SSSR count). The molecule has 0 fully saturated rings. The molecule has 0 aliphatic rings. The highest BCUT2D eigenvalue weighted by atomic mass is 35.5. The van der Waals surface area contributed by atoms with Gasteiger partial charge in [-0.25, -0.2) is 0 Å². The van der Waals surface area contributed by atoms with Crippen LogP contribution in [0.2, 0.25) is 10.0 Å². The summed E-state index contributed by atoms with van der Waals surface area (Å²) in [4.78, 5) is 24.8. The van der Waals surface area contributed by atoms with Crippen LogP contribution in [0.4, 0.5) is 5.69 Å². The van der Waals surface area contributed by atoms with Gasteiger partial charge in [0.15, 0.2) is 0 Å². The topological polar surface area (TPSA) is 58.2 Å². The van der Waals surface area contributed by atoms with Crippen molar-refractivity contribution in [3.8, 4) is 0 Å². The van der Waals surface area contributed by atoms with E-state index in [0.29, 0.717) is 28.7 Å². The number of hydrogen-bond donors (Lipinski definition) is 2. The number of anilines is 1. The van der Waals surface area contributed by atoms with Crippen LogP contribution in [-0.4, -0.2) is 18.4 Å². The molecule has 6 heteroatoms. The number of rotatable bonds is 6. The highest BCUT2D eigenvalue weighted by Gasteiger charge is 2.35. The summed E-state index contributed by atoms with van der Waals surface area (Å²) in [6.45, 7) is 3.63. The molecule has 132 valence electrons. The van der Waals surface area contributed by atoms with E-state index in [9.17, 15) is 9.59 Å². The standard InChI is InChI=1S/C19H20Cl2N2O2/c1-19(2,17(24)22-11-10-13-6-4-3-5-7-13)18(25)23-14-8-9-15(20)16(21)12-14/h3-9,12H,10-11H2,1-2H3,(H,22,24)(H,23,25). The first kappa shape index (κ1) is 19.3. The van der Waals surface area contributed by atoms with E-state index >= 15 is 0 Å². The van der Waals surface area contributed by atoms with E-state index < -0.39 is 11.3 Å². The summed E-state index contributed by atoms with van der Waals surface area (Å²) in [6.07, 6.45) is 0.705. The Labute approximate surface area is 157 Å². The van der Waals surface area contributed by atoms with Gasteiger partial charge in [-0.3, -0.25) is 9.59 Å². The number of amides is 2. The van der Waals surface area contributed by atoms with Crippen LogP contribution >= 0.6 is 23.2 Å². The maximum Gasteiger partial charge on any atom is 0.239 e. The zero-order chi connectivity index (χ0) is 18.4. The van der Waals surface area contributed by atoms with Gasteiger partial charge < -0.3 is 10.6 Å². The van der Waals surface area contributed by atoms with Crippen LogP contribution in [0.15, 0.2) is 48.5 Å². The van der Waals surface area contributed by atoms with Gasteiger partial charge >= 0.3 is 0 Å². The van der Waals surface area contributed by atoms with Crippen molar-refractivity contribution in [2.45, 2.75) is 20.3 Å². The summed E-state index contributed by atoms with van der Waals surface area (Å²) in [5.41, 5.74) is 0.397. The molecule has 0 saturated carbocycles. The van der Waals surface area contributed by atoms with E-state index in [0.717, 1.165) is 5.56 Å². The Hall–Kier alpha value is -2.04. The zero-order valence-corrected chi connectivity index (χ0v) is 15.6. The Balaban J connectivity index is 1.92. The third-order valence-corrected chi connectivity index (χ3v) is 4.59. The minimum absolute atomic E-state index is 0.332. The molecule has 0 unspecified atom stereocenters. The van der Waals surface area contributed by atoms with Gasteiger partial charge in [-0.2, -0.15) is 0 Å². The highest BCUT2D eigenvalue weighted by molar-refractivity contribution is 6.42. The van der Waals surface area contributed by atoms with Gasteiger partial charge in [0, 0.05) is 12.2 Å². The van der Waals surface area contributed by atoms with Crippen LogP contribution in [0.3, 0.4) is 0 Å². The van der Waals surface area contributed by atoms with E-state index in [1.807, 2.05) is 30.3 Å². The van der Waals surface area contributed by atoms with E-state index in [4.69, 9.17) is 23.2 Å². The van der Waals surface area contributed by atoms with Crippen molar-refractivity contribution in [1.82, 2.24) is 5.32 Å². The lowest BCUT2D eigenvalue weighted by Gasteiger charge is -2.23. The van der Waals surface area contributed by atoms with Gasteiger partial charge in [0.2, 0.25) is 11.8 Å². The number of benzene rings is 2. The molecule has 0 aliphatic heterocycles. The molecule has 0 saturated heterocycles. The average Bonchev–Trinajstić information content (AvgIpc) is 2.59. The second kappa shape index (κ2) is 8.37. The number of carbonyl (C=O) groups excluding carboxylic acids is 2. The second-order valence-corrected chi connectivity index (χ2v) is 7.01. The van der Waals surface area contributed by atoms with Crippen LogP contribution in [0.25, 0.3) is 0 Å². The quantitative estimate of drug-likeness (QED) is 0.735. The summed E-state index contributed by atoms with van der Waals surface area (Å²) in [6, 6.07) is 14.6. The Bertz CT molecular complexity index is 761. The normalized spacial score (nSPS) is 11.0. The smallest absolute Gasteiger partial charge is 0.239 e. The monoisotopic (exact) mass is 378 g/mol. The Kier molecular flexibility index (Phi) is 6.45. The number of halogens is 2. The maximum atomic E-state index is 12.5. The fraction of sp³-hybridized carbons (Fsp3) is 0.263. The number of hydrogen-bond acceptors (Lipinski definition) is 2. The largest absolute Gasteiger partial charge is 0.355 e. The summed E-state index contributed by atoms with van der Waals surface area (Å²) < 4.78 is 0. The first-order valence-corrected chi connectivity index (χ1v) is 8.65. The van der Waals surface area contributed by atoms with E-state index in [2.05, 4.69) is 10.6 Å². The summed E-state index contributed by atoms with van der Waals surface area (Å²) in [5, 5.41) is 6.25. The van der Waals surface area contributed by atoms with Gasteiger partial charge in [-0.1, -0.05) is 53.5 Å². The Morgan fingerprint density at radius 1 is 0.960 bits per heavy atom. The van der Waals surface area contributed by atoms with Crippen LogP contribution in [0.1, 0.15) is 19.4 Å². The van der Waals surface area contributed by atoms with Crippen LogP contribution in [0, 0.1) is 5.41 Å². The third-order valence-electron chi connectivity index (χ3n) is 3.85. The highest BCUT2D eigenvalue weighted by Crippen LogP contribution is 2.26. The van der Waals surface area contributed by atoms with Gasteiger partial charge in [-0.15, -0.1) is 0 Å². The van der Waals surface area contributed by atoms with E-state index in [1.54, 1.807) is 32.0 Å². The molecule has 25 heavy (non-hydrogen) atoms. The van der Waals surface area contributed by atoms with Crippen molar-refractivity contribution in [3.05, 3.63) is 64.1 Å². The fourth-order valence-electron chi connectivity index (χ4n) is 2.15. The van der Waals surface area contributed by atoms with Gasteiger partial charge in [0.25, 0.3) is 0 Å². The minimum Gasteiger partial charge on any atom is -0.355 e. The van der Waals surface area contributed by atoms with Crippen LogP contribution in [-0.2, 0) is 16.0 Å². The maximum absolute atomic E-state index is 12.5. The molecule has 0 spiro atoms. The predicted octanol–water partition coefficient (Wildman–Crippen LogP) is 4.32. The molecule has 0 bridgehead atoms. The molecule has 2 aromatic rings. The lowest BCUT2D eigenvalue weighted by atomic mass is 9.91. The SMILES string of the molecule is CC(C)(C(=O)NCCc1ccccc1)C(=O)Nc1ccc(Cl)c(Cl)c1. The molecule has 0 aliphatic carbocycles. The molecule has 4 nitrogen and oxygen atoms in total. The lowest BCUT2D eigenvalue weighted by Crippen LogP contribution is -2.45. The molecular formula is C19H20Cl2N2O2. The molecule has 0 aromatic heterocycles. The third kappa shape index (κ3) is 5.21. The second-order valence-electron chi connectivity index (χ2n) is 6.20. The average molecular weight is 379 g/mol. The predicted molar refractivity (Wildman–Crippen MR) is 102 cm³/mol. The van der Waals surface area contributed by atoms with E-state index in [-0.39, 0.29) is 5.91 Å². The van der Waals surface area contributed by atoms with Crippen LogP contribution in [0.5, 0.6) is 0 Å². The first-order chi connectivity index (χ1) is 11.8. The van der Waals surface area contributed by atoms with Gasteiger partial charge in [0.1, 0.15) is 5.41 Å². The summed E-state index contributed by atoms with van der Waals surface area (Å²) >= 11 is 11.8. The minimum atomic E-state index is -1.22. The summed E-state index contributed by atoms with van der Waals surface area (Å²) in [5.74, 6) is -0.746. The molecule has 2 amide bonds. The fourth-order valence-corrected chi connectivity index (χ4v) is 2.45. The van der Waals surface area contributed by atoms with Crippen molar-refractivity contribution in [2.24, 2.45) is 5.41 Å². The van der Waals surface area contributed by atoms with Crippen LogP contribution < -0.4 is 10.6 Å². The lowest BCUT2D eigenvalue weighted by molar-refractivity contribution is -0.138. The molecular weight excluding hydrogens is 359 g/mol. The summed E-state index contributed by atoms with van der Waals surface area (Å²) in [7, 11) is 0. The molecule has 2 aromatic carbocycles. The number of nitrogens with one attached hydrogen (secondary N) is 2. The molecule has 0 heterocycles. The van der Waals surface area contributed by atoms with Crippen molar-refractivity contribution in [1.29, 1.82) is 0 Å². The molecule has 2 N–H and O–H groups in total. The van der Waals surface area contributed by atoms with Gasteiger partial charge in [-0.05, 0) is 44.0 Å². The Morgan fingerprint density at radius 2 is 1.64 bits per heavy atom. The van der Waals surface area contributed by atoms with Crippen molar-refractivity contribution >= 4 is 40.7 Å². The molecule has 0 radical (unpaired) electrons. The first-order valence-electron chi connectivity index (χ1n) is 7.89. The zero-order valence-electron chi connectivity index (χ0n) is 14.1. The van der Waals surface area contributed by atoms with Gasteiger partial charge in [0.05, 0.1) is 10.0 Å². The van der Waals surface area contributed by atoms with Crippen molar-refractivity contribution < 1.29 is 9.59 Å². The van der Waals surface area contributed by atoms with E-state index in [1.165, 1.54) is 0 Å². The number of carbonyl (C=O) groups is 2. The Morgan fingerprint density at radius 3 is 2.28 bits per heavy atom. The molecule has 0 atom stereocenters.